The molecule has 0 heterocycles. The lowest BCUT2D eigenvalue weighted by atomic mass is 9.80. The fourth-order valence-corrected chi connectivity index (χ4v) is 1.78. The van der Waals surface area contributed by atoms with Crippen molar-refractivity contribution in [2.45, 2.75) is 58.6 Å². The molecule has 17 heavy (non-hydrogen) atoms. The molecule has 1 fully saturated rings. The van der Waals surface area contributed by atoms with Gasteiger partial charge in [0.2, 0.25) is 0 Å². The summed E-state index contributed by atoms with van der Waals surface area (Å²) in [4.78, 5) is 11.6. The highest BCUT2D eigenvalue weighted by atomic mass is 16.3. The zero-order valence-electron chi connectivity index (χ0n) is 11.4. The molecule has 0 aromatic heterocycles. The molecular formula is C13H26N2O2. The van der Waals surface area contributed by atoms with Crippen molar-refractivity contribution in [2.24, 2.45) is 11.8 Å². The van der Waals surface area contributed by atoms with Gasteiger partial charge >= 0.3 is 6.03 Å². The van der Waals surface area contributed by atoms with Crippen LogP contribution < -0.4 is 10.6 Å². The summed E-state index contributed by atoms with van der Waals surface area (Å²) in [5, 5.41) is 15.7. The van der Waals surface area contributed by atoms with Gasteiger partial charge in [-0.2, -0.15) is 0 Å². The number of carbonyl (C=O) groups is 1. The minimum Gasteiger partial charge on any atom is -0.388 e. The Labute approximate surface area is 104 Å². The molecule has 4 heteroatoms. The third kappa shape index (κ3) is 4.19. The second kappa shape index (κ2) is 5.71. The van der Waals surface area contributed by atoms with E-state index in [1.165, 1.54) is 19.3 Å². The molecule has 1 aliphatic rings. The van der Waals surface area contributed by atoms with Crippen molar-refractivity contribution in [3.63, 3.8) is 0 Å². The zero-order valence-corrected chi connectivity index (χ0v) is 11.4. The molecule has 0 spiro atoms. The summed E-state index contributed by atoms with van der Waals surface area (Å²) in [6.07, 6.45) is 3.71. The molecule has 2 atom stereocenters. The van der Waals surface area contributed by atoms with Crippen LogP contribution in [0.1, 0.15) is 47.0 Å². The smallest absolute Gasteiger partial charge is 0.315 e. The maximum atomic E-state index is 11.6. The van der Waals surface area contributed by atoms with E-state index in [1.807, 2.05) is 20.8 Å². The molecule has 1 saturated carbocycles. The maximum Gasteiger partial charge on any atom is 0.315 e. The van der Waals surface area contributed by atoms with E-state index < -0.39 is 5.60 Å². The summed E-state index contributed by atoms with van der Waals surface area (Å²) < 4.78 is 0. The molecule has 0 aromatic rings. The monoisotopic (exact) mass is 242 g/mol. The van der Waals surface area contributed by atoms with Crippen molar-refractivity contribution < 1.29 is 9.90 Å². The number of hydrogen-bond acceptors (Lipinski definition) is 2. The SMILES string of the molecule is CC(NC(=O)NCC(C)(O)C(C)C)C1CCC1. The van der Waals surface area contributed by atoms with Gasteiger partial charge in [-0.3, -0.25) is 0 Å². The largest absolute Gasteiger partial charge is 0.388 e. The molecule has 100 valence electrons. The first-order valence-corrected chi connectivity index (χ1v) is 6.59. The van der Waals surface area contributed by atoms with Crippen molar-refractivity contribution in [3.8, 4) is 0 Å². The first-order valence-electron chi connectivity index (χ1n) is 6.59. The predicted molar refractivity (Wildman–Crippen MR) is 68.8 cm³/mol. The molecular weight excluding hydrogens is 216 g/mol. The van der Waals surface area contributed by atoms with Crippen molar-refractivity contribution in [1.29, 1.82) is 0 Å². The minimum atomic E-state index is -0.850. The quantitative estimate of drug-likeness (QED) is 0.689. The van der Waals surface area contributed by atoms with Gasteiger partial charge < -0.3 is 15.7 Å². The van der Waals surface area contributed by atoms with Crippen LogP contribution in [0.5, 0.6) is 0 Å². The molecule has 1 aliphatic carbocycles. The predicted octanol–water partition coefficient (Wildman–Crippen LogP) is 1.88. The van der Waals surface area contributed by atoms with Gasteiger partial charge in [-0.1, -0.05) is 20.3 Å². The van der Waals surface area contributed by atoms with Crippen molar-refractivity contribution in [1.82, 2.24) is 10.6 Å². The summed E-state index contributed by atoms with van der Waals surface area (Å²) in [6.45, 7) is 7.96. The highest BCUT2D eigenvalue weighted by molar-refractivity contribution is 5.74. The number of aliphatic hydroxyl groups is 1. The number of hydrogen-bond donors (Lipinski definition) is 3. The Morgan fingerprint density at radius 1 is 1.41 bits per heavy atom. The van der Waals surface area contributed by atoms with Crippen LogP contribution in [0.2, 0.25) is 0 Å². The van der Waals surface area contributed by atoms with E-state index in [4.69, 9.17) is 0 Å². The van der Waals surface area contributed by atoms with Crippen LogP contribution in [0, 0.1) is 11.8 Å². The molecule has 0 aromatic carbocycles. The van der Waals surface area contributed by atoms with Crippen LogP contribution >= 0.6 is 0 Å². The van der Waals surface area contributed by atoms with Gasteiger partial charge in [0, 0.05) is 12.6 Å². The van der Waals surface area contributed by atoms with Gasteiger partial charge in [-0.05, 0) is 38.5 Å². The fraction of sp³-hybridized carbons (Fsp3) is 0.923. The van der Waals surface area contributed by atoms with Crippen molar-refractivity contribution in [2.75, 3.05) is 6.54 Å². The topological polar surface area (TPSA) is 61.4 Å². The average Bonchev–Trinajstić information content (AvgIpc) is 2.11. The molecule has 2 amide bonds. The lowest BCUT2D eigenvalue weighted by Crippen LogP contribution is -2.50. The van der Waals surface area contributed by atoms with E-state index in [0.29, 0.717) is 5.92 Å². The van der Waals surface area contributed by atoms with Gasteiger partial charge in [-0.15, -0.1) is 0 Å². The summed E-state index contributed by atoms with van der Waals surface area (Å²) in [7, 11) is 0. The van der Waals surface area contributed by atoms with Crippen LogP contribution in [-0.2, 0) is 0 Å². The number of rotatable bonds is 5. The van der Waals surface area contributed by atoms with Gasteiger partial charge in [0.25, 0.3) is 0 Å². The molecule has 0 aliphatic heterocycles. The lowest BCUT2D eigenvalue weighted by Gasteiger charge is -2.32. The Balaban J connectivity index is 2.25. The second-order valence-corrected chi connectivity index (χ2v) is 5.82. The van der Waals surface area contributed by atoms with Gasteiger partial charge in [0.1, 0.15) is 0 Å². The summed E-state index contributed by atoms with van der Waals surface area (Å²) in [5.41, 5.74) is -0.850. The van der Waals surface area contributed by atoms with E-state index in [0.717, 1.165) is 0 Å². The summed E-state index contributed by atoms with van der Waals surface area (Å²) in [6, 6.07) is 0.0538. The normalized spacial score (nSPS) is 21.5. The zero-order chi connectivity index (χ0) is 13.1. The molecule has 0 saturated heterocycles. The first kappa shape index (κ1) is 14.3. The maximum absolute atomic E-state index is 11.6. The molecule has 0 bridgehead atoms. The van der Waals surface area contributed by atoms with E-state index in [-0.39, 0.29) is 24.5 Å². The molecule has 0 radical (unpaired) electrons. The van der Waals surface area contributed by atoms with E-state index in [9.17, 15) is 9.90 Å². The highest BCUT2D eigenvalue weighted by Crippen LogP contribution is 2.29. The third-order valence-electron chi connectivity index (χ3n) is 4.07. The first-order chi connectivity index (χ1) is 7.83. The number of nitrogens with one attached hydrogen (secondary N) is 2. The Morgan fingerprint density at radius 2 is 2.00 bits per heavy atom. The highest BCUT2D eigenvalue weighted by Gasteiger charge is 2.27. The number of carbonyl (C=O) groups excluding carboxylic acids is 1. The van der Waals surface area contributed by atoms with Gasteiger partial charge in [0.15, 0.2) is 0 Å². The molecule has 2 unspecified atom stereocenters. The third-order valence-corrected chi connectivity index (χ3v) is 4.07. The Morgan fingerprint density at radius 3 is 2.41 bits per heavy atom. The Hall–Kier alpha value is -0.770. The van der Waals surface area contributed by atoms with Crippen LogP contribution in [-0.4, -0.2) is 29.3 Å². The Bertz CT molecular complexity index is 260. The van der Waals surface area contributed by atoms with E-state index in [2.05, 4.69) is 10.6 Å². The molecule has 1 rings (SSSR count). The standard InChI is InChI=1S/C13H26N2O2/c1-9(2)13(4,17)8-14-12(16)15-10(3)11-6-5-7-11/h9-11,17H,5-8H2,1-4H3,(H2,14,15,16). The number of urea groups is 1. The van der Waals surface area contributed by atoms with Gasteiger partial charge in [-0.25, -0.2) is 4.79 Å². The van der Waals surface area contributed by atoms with Crippen LogP contribution in [0.25, 0.3) is 0 Å². The van der Waals surface area contributed by atoms with Crippen molar-refractivity contribution >= 4 is 6.03 Å². The summed E-state index contributed by atoms with van der Waals surface area (Å²) >= 11 is 0. The second-order valence-electron chi connectivity index (χ2n) is 5.82. The van der Waals surface area contributed by atoms with Crippen molar-refractivity contribution in [3.05, 3.63) is 0 Å². The van der Waals surface area contributed by atoms with Crippen LogP contribution in [0.15, 0.2) is 0 Å². The van der Waals surface area contributed by atoms with E-state index >= 15 is 0 Å². The fourth-order valence-electron chi connectivity index (χ4n) is 1.78. The lowest BCUT2D eigenvalue weighted by molar-refractivity contribution is 0.0164. The Kier molecular flexibility index (Phi) is 4.80. The number of amides is 2. The van der Waals surface area contributed by atoms with Crippen LogP contribution in [0.4, 0.5) is 4.79 Å². The minimum absolute atomic E-state index is 0.117. The average molecular weight is 242 g/mol. The van der Waals surface area contributed by atoms with Gasteiger partial charge in [0.05, 0.1) is 5.60 Å². The van der Waals surface area contributed by atoms with Crippen LogP contribution in [0.3, 0.4) is 0 Å². The van der Waals surface area contributed by atoms with E-state index in [1.54, 1.807) is 6.92 Å². The summed E-state index contributed by atoms with van der Waals surface area (Å²) in [5.74, 6) is 0.748. The molecule has 3 N–H and O–H groups in total. The molecule has 4 nitrogen and oxygen atoms in total.